The number of pyridine rings is 1. The van der Waals surface area contributed by atoms with Crippen LogP contribution in [0.25, 0.3) is 16.9 Å². The van der Waals surface area contributed by atoms with Gasteiger partial charge in [-0.2, -0.15) is 0 Å². The van der Waals surface area contributed by atoms with Crippen molar-refractivity contribution in [1.82, 2.24) is 20.0 Å². The van der Waals surface area contributed by atoms with E-state index >= 15 is 0 Å². The zero-order valence-corrected chi connectivity index (χ0v) is 13.0. The van der Waals surface area contributed by atoms with Gasteiger partial charge in [0.25, 0.3) is 0 Å². The third-order valence-corrected chi connectivity index (χ3v) is 3.74. The van der Waals surface area contributed by atoms with Gasteiger partial charge in [0, 0.05) is 18.0 Å². The summed E-state index contributed by atoms with van der Waals surface area (Å²) in [6.07, 6.45) is 7.56. The van der Waals surface area contributed by atoms with Crippen molar-refractivity contribution in [2.45, 2.75) is 26.2 Å². The molecule has 0 aliphatic carbocycles. The van der Waals surface area contributed by atoms with Crippen LogP contribution in [0.5, 0.6) is 0 Å². The second-order valence-electron chi connectivity index (χ2n) is 5.36. The first kappa shape index (κ1) is 15.1. The number of nitrogens with zero attached hydrogens (tertiary/aromatic N) is 4. The van der Waals surface area contributed by atoms with Crippen molar-refractivity contribution in [2.24, 2.45) is 0 Å². The highest BCUT2D eigenvalue weighted by atomic mass is 16.1. The molecule has 3 rings (SSSR count). The van der Waals surface area contributed by atoms with Crippen LogP contribution >= 0.6 is 0 Å². The monoisotopic (exact) mass is 306 g/mol. The normalized spacial score (nSPS) is 10.7. The van der Waals surface area contributed by atoms with E-state index < -0.39 is 0 Å². The predicted octanol–water partition coefficient (Wildman–Crippen LogP) is 3.48. The van der Waals surface area contributed by atoms with Gasteiger partial charge in [0.15, 0.2) is 12.0 Å². The summed E-state index contributed by atoms with van der Waals surface area (Å²) >= 11 is 0. The van der Waals surface area contributed by atoms with Gasteiger partial charge in [-0.25, -0.2) is 4.68 Å². The highest BCUT2D eigenvalue weighted by Crippen LogP contribution is 2.24. The minimum atomic E-state index is 0.313. The van der Waals surface area contributed by atoms with E-state index in [-0.39, 0.29) is 0 Å². The molecule has 23 heavy (non-hydrogen) atoms. The average Bonchev–Trinajstić information content (AvgIpc) is 3.05. The topological polar surface area (TPSA) is 60.7 Å². The number of aromatic nitrogens is 4. The third-order valence-electron chi connectivity index (χ3n) is 3.74. The Bertz CT molecular complexity index is 779. The summed E-state index contributed by atoms with van der Waals surface area (Å²) in [5.41, 5.74) is 3.97. The van der Waals surface area contributed by atoms with Crippen LogP contribution in [-0.4, -0.2) is 26.3 Å². The Kier molecular flexibility index (Phi) is 4.57. The van der Waals surface area contributed by atoms with Crippen LogP contribution in [0.15, 0.2) is 48.8 Å². The van der Waals surface area contributed by atoms with Crippen LogP contribution in [-0.2, 0) is 6.42 Å². The predicted molar refractivity (Wildman–Crippen MR) is 88.6 cm³/mol. The van der Waals surface area contributed by atoms with Gasteiger partial charge in [0.2, 0.25) is 0 Å². The number of benzene rings is 1. The summed E-state index contributed by atoms with van der Waals surface area (Å²) in [4.78, 5) is 15.4. The van der Waals surface area contributed by atoms with Gasteiger partial charge in [0.05, 0.1) is 5.69 Å². The molecule has 2 heterocycles. The summed E-state index contributed by atoms with van der Waals surface area (Å²) in [5.74, 6) is 0. The Hall–Kier alpha value is -2.82. The van der Waals surface area contributed by atoms with Crippen molar-refractivity contribution in [3.05, 3.63) is 60.0 Å². The number of aldehydes is 1. The van der Waals surface area contributed by atoms with E-state index in [1.807, 2.05) is 24.3 Å². The zero-order chi connectivity index (χ0) is 16.1. The minimum Gasteiger partial charge on any atom is -0.296 e. The lowest BCUT2D eigenvalue weighted by Gasteiger charge is -2.08. The molecule has 0 radical (unpaired) electrons. The van der Waals surface area contributed by atoms with E-state index in [4.69, 9.17) is 0 Å². The van der Waals surface area contributed by atoms with Gasteiger partial charge in [-0.1, -0.05) is 30.7 Å². The fourth-order valence-electron chi connectivity index (χ4n) is 2.51. The third kappa shape index (κ3) is 3.18. The lowest BCUT2D eigenvalue weighted by atomic mass is 10.1. The molecule has 0 spiro atoms. The van der Waals surface area contributed by atoms with Crippen LogP contribution in [0, 0.1) is 0 Å². The molecule has 5 heteroatoms. The molecule has 0 unspecified atom stereocenters. The Labute approximate surface area is 135 Å². The summed E-state index contributed by atoms with van der Waals surface area (Å²) in [6, 6.07) is 11.9. The minimum absolute atomic E-state index is 0.313. The second-order valence-corrected chi connectivity index (χ2v) is 5.36. The largest absolute Gasteiger partial charge is 0.296 e. The molecule has 5 nitrogen and oxygen atoms in total. The molecule has 0 atom stereocenters. The standard InChI is InChI=1S/C18H18N4O/c1-2-3-5-14-7-9-16(10-8-14)22-18(17(13-23)20-21-22)15-6-4-11-19-12-15/h4,6-13H,2-3,5H2,1H3. The first-order valence-corrected chi connectivity index (χ1v) is 7.74. The number of hydrogen-bond donors (Lipinski definition) is 0. The van der Waals surface area contributed by atoms with E-state index in [0.29, 0.717) is 11.4 Å². The Balaban J connectivity index is 2.00. The van der Waals surface area contributed by atoms with Gasteiger partial charge in [-0.05, 0) is 42.7 Å². The van der Waals surface area contributed by atoms with Crippen LogP contribution in [0.4, 0.5) is 0 Å². The lowest BCUT2D eigenvalue weighted by Crippen LogP contribution is -2.00. The molecule has 0 fully saturated rings. The number of carbonyl (C=O) groups is 1. The van der Waals surface area contributed by atoms with Crippen LogP contribution in [0.1, 0.15) is 35.8 Å². The number of hydrogen-bond acceptors (Lipinski definition) is 4. The first-order valence-electron chi connectivity index (χ1n) is 7.74. The van der Waals surface area contributed by atoms with Crippen LogP contribution < -0.4 is 0 Å². The SMILES string of the molecule is CCCCc1ccc(-n2nnc(C=O)c2-c2cccnc2)cc1. The maximum absolute atomic E-state index is 11.3. The number of rotatable bonds is 6. The van der Waals surface area contributed by atoms with Gasteiger partial charge in [-0.3, -0.25) is 9.78 Å². The molecule has 0 aliphatic rings. The highest BCUT2D eigenvalue weighted by Gasteiger charge is 2.15. The van der Waals surface area contributed by atoms with Gasteiger partial charge < -0.3 is 0 Å². The number of aryl methyl sites for hydroxylation is 1. The van der Waals surface area contributed by atoms with Gasteiger partial charge in [-0.15, -0.1) is 5.10 Å². The van der Waals surface area contributed by atoms with Crippen molar-refractivity contribution < 1.29 is 4.79 Å². The fourth-order valence-corrected chi connectivity index (χ4v) is 2.51. The van der Waals surface area contributed by atoms with Crippen molar-refractivity contribution in [1.29, 1.82) is 0 Å². The van der Waals surface area contributed by atoms with Crippen molar-refractivity contribution in [2.75, 3.05) is 0 Å². The van der Waals surface area contributed by atoms with E-state index in [1.165, 1.54) is 18.4 Å². The van der Waals surface area contributed by atoms with E-state index in [0.717, 1.165) is 24.0 Å². The molecular formula is C18H18N4O. The summed E-state index contributed by atoms with van der Waals surface area (Å²) in [7, 11) is 0. The molecule has 0 amide bonds. The number of carbonyl (C=O) groups excluding carboxylic acids is 1. The second kappa shape index (κ2) is 6.96. The molecule has 116 valence electrons. The maximum Gasteiger partial charge on any atom is 0.172 e. The number of unbranched alkanes of at least 4 members (excludes halogenated alkanes) is 1. The van der Waals surface area contributed by atoms with Crippen LogP contribution in [0.3, 0.4) is 0 Å². The van der Waals surface area contributed by atoms with Crippen molar-refractivity contribution in [3.8, 4) is 16.9 Å². The molecule has 0 saturated heterocycles. The lowest BCUT2D eigenvalue weighted by molar-refractivity contribution is 0.111. The smallest absolute Gasteiger partial charge is 0.172 e. The van der Waals surface area contributed by atoms with E-state index in [9.17, 15) is 4.79 Å². The molecule has 0 aliphatic heterocycles. The van der Waals surface area contributed by atoms with Crippen molar-refractivity contribution >= 4 is 6.29 Å². The van der Waals surface area contributed by atoms with Crippen LogP contribution in [0.2, 0.25) is 0 Å². The Morgan fingerprint density at radius 3 is 2.65 bits per heavy atom. The summed E-state index contributed by atoms with van der Waals surface area (Å²) < 4.78 is 1.68. The van der Waals surface area contributed by atoms with E-state index in [2.05, 4.69) is 34.4 Å². The Morgan fingerprint density at radius 2 is 2.00 bits per heavy atom. The molecular weight excluding hydrogens is 288 g/mol. The zero-order valence-electron chi connectivity index (χ0n) is 13.0. The molecule has 0 saturated carbocycles. The first-order chi connectivity index (χ1) is 11.3. The Morgan fingerprint density at radius 1 is 1.17 bits per heavy atom. The average molecular weight is 306 g/mol. The van der Waals surface area contributed by atoms with Gasteiger partial charge >= 0.3 is 0 Å². The molecule has 0 bridgehead atoms. The van der Waals surface area contributed by atoms with Crippen molar-refractivity contribution in [3.63, 3.8) is 0 Å². The molecule has 3 aromatic rings. The van der Waals surface area contributed by atoms with Gasteiger partial charge in [0.1, 0.15) is 5.69 Å². The highest BCUT2D eigenvalue weighted by molar-refractivity contribution is 5.83. The maximum atomic E-state index is 11.3. The fraction of sp³-hybridized carbons (Fsp3) is 0.222. The quantitative estimate of drug-likeness (QED) is 0.654. The molecule has 0 N–H and O–H groups in total. The van der Waals surface area contributed by atoms with E-state index in [1.54, 1.807) is 17.1 Å². The molecule has 2 aromatic heterocycles. The molecule has 1 aromatic carbocycles. The summed E-state index contributed by atoms with van der Waals surface area (Å²) in [5, 5.41) is 8.11. The summed E-state index contributed by atoms with van der Waals surface area (Å²) in [6.45, 7) is 2.19.